The molecule has 5 rings (SSSR count). The summed E-state index contributed by atoms with van der Waals surface area (Å²) in [6, 6.07) is 7.23. The summed E-state index contributed by atoms with van der Waals surface area (Å²) in [5.74, 6) is 0.987. The van der Waals surface area contributed by atoms with Crippen LogP contribution in [-0.2, 0) is 0 Å². The number of carbonyl (C=O) groups excluding carboxylic acids is 1. The molecular weight excluding hydrogens is 472 g/mol. The summed E-state index contributed by atoms with van der Waals surface area (Å²) in [6.07, 6.45) is 2.92. The van der Waals surface area contributed by atoms with Gasteiger partial charge in [0.1, 0.15) is 17.8 Å². The van der Waals surface area contributed by atoms with Crippen LogP contribution in [0.2, 0.25) is 0 Å². The largest absolute Gasteiger partial charge is 0.354 e. The molecule has 35 heavy (non-hydrogen) atoms. The third-order valence-corrected chi connectivity index (χ3v) is 7.62. The zero-order chi connectivity index (χ0) is 24.7. The number of hydrogen-bond donors (Lipinski definition) is 1. The number of halogens is 2. The van der Waals surface area contributed by atoms with Crippen molar-refractivity contribution in [3.05, 3.63) is 42.5 Å². The molecule has 2 fully saturated rings. The number of urea groups is 1. The Labute approximate surface area is 207 Å². The van der Waals surface area contributed by atoms with Crippen molar-refractivity contribution in [3.8, 4) is 11.3 Å². The van der Waals surface area contributed by atoms with Gasteiger partial charge in [-0.15, -0.1) is 0 Å². The van der Waals surface area contributed by atoms with Crippen LogP contribution >= 0.6 is 11.9 Å². The molecule has 0 bridgehead atoms. The Morgan fingerprint density at radius 2 is 1.89 bits per heavy atom. The van der Waals surface area contributed by atoms with Gasteiger partial charge in [-0.25, -0.2) is 18.6 Å². The predicted octanol–water partition coefficient (Wildman–Crippen LogP) is 4.29. The van der Waals surface area contributed by atoms with Gasteiger partial charge in [0, 0.05) is 62.5 Å². The van der Waals surface area contributed by atoms with Gasteiger partial charge in [-0.3, -0.25) is 14.1 Å². The summed E-state index contributed by atoms with van der Waals surface area (Å²) < 4.78 is 31.6. The van der Waals surface area contributed by atoms with Crippen molar-refractivity contribution in [1.29, 1.82) is 0 Å². The Morgan fingerprint density at radius 1 is 1.14 bits per heavy atom. The Kier molecular flexibility index (Phi) is 6.30. The Balaban J connectivity index is 1.48. The fourth-order valence-corrected chi connectivity index (χ4v) is 5.04. The number of rotatable bonds is 6. The van der Waals surface area contributed by atoms with Gasteiger partial charge in [-0.05, 0) is 56.0 Å². The maximum Gasteiger partial charge on any atom is 0.319 e. The lowest BCUT2D eigenvalue weighted by Gasteiger charge is -2.37. The van der Waals surface area contributed by atoms with Crippen LogP contribution in [0.4, 0.5) is 19.4 Å². The number of aromatic nitrogens is 3. The third kappa shape index (κ3) is 4.92. The van der Waals surface area contributed by atoms with Gasteiger partial charge in [0.2, 0.25) is 0 Å². The van der Waals surface area contributed by atoms with E-state index < -0.39 is 6.43 Å². The zero-order valence-corrected chi connectivity index (χ0v) is 20.9. The molecule has 0 atom stereocenters. The predicted molar refractivity (Wildman–Crippen MR) is 133 cm³/mol. The number of anilines is 1. The first kappa shape index (κ1) is 23.8. The van der Waals surface area contributed by atoms with Gasteiger partial charge in [-0.1, -0.05) is 0 Å². The summed E-state index contributed by atoms with van der Waals surface area (Å²) in [5, 5.41) is 0. The maximum atomic E-state index is 13.0. The fourth-order valence-electron chi connectivity index (χ4n) is 4.13. The van der Waals surface area contributed by atoms with E-state index >= 15 is 0 Å². The molecule has 1 aliphatic carbocycles. The smallest absolute Gasteiger partial charge is 0.319 e. The topological polar surface area (TPSA) is 69.0 Å². The zero-order valence-electron chi connectivity index (χ0n) is 20.0. The minimum atomic E-state index is -2.61. The normalized spacial score (nSPS) is 17.3. The minimum absolute atomic E-state index is 0.0191. The molecule has 1 saturated carbocycles. The molecule has 4 heterocycles. The highest BCUT2D eigenvalue weighted by Gasteiger charge is 2.37. The first-order chi connectivity index (χ1) is 16.7. The van der Waals surface area contributed by atoms with Crippen molar-refractivity contribution in [3.63, 3.8) is 0 Å². The van der Waals surface area contributed by atoms with E-state index in [0.717, 1.165) is 29.1 Å². The molecule has 8 nitrogen and oxygen atoms in total. The van der Waals surface area contributed by atoms with Crippen molar-refractivity contribution in [2.75, 3.05) is 45.2 Å². The van der Waals surface area contributed by atoms with E-state index in [1.54, 1.807) is 43.3 Å². The van der Waals surface area contributed by atoms with Gasteiger partial charge in [0.25, 0.3) is 6.43 Å². The molecule has 186 valence electrons. The Morgan fingerprint density at radius 3 is 2.49 bits per heavy atom. The lowest BCUT2D eigenvalue weighted by Crippen LogP contribution is -2.51. The number of fused-ring (bicyclic) bond motifs is 1. The Hall–Kier alpha value is -2.92. The lowest BCUT2D eigenvalue weighted by atomic mass is 10.1. The highest BCUT2D eigenvalue weighted by Crippen LogP contribution is 2.39. The summed E-state index contributed by atoms with van der Waals surface area (Å²) in [7, 11) is 3.53. The molecule has 0 unspecified atom stereocenters. The van der Waals surface area contributed by atoms with E-state index in [-0.39, 0.29) is 17.3 Å². The van der Waals surface area contributed by atoms with Gasteiger partial charge >= 0.3 is 6.03 Å². The van der Waals surface area contributed by atoms with E-state index in [2.05, 4.69) is 38.6 Å². The number of imidazole rings is 1. The van der Waals surface area contributed by atoms with Crippen LogP contribution in [0.1, 0.15) is 31.9 Å². The first-order valence-electron chi connectivity index (χ1n) is 11.6. The number of nitrogens with one attached hydrogen (secondary N) is 1. The molecule has 3 aromatic rings. The third-order valence-electron chi connectivity index (χ3n) is 6.56. The number of carbonyl (C=O) groups is 1. The van der Waals surface area contributed by atoms with Gasteiger partial charge < -0.3 is 14.7 Å². The van der Waals surface area contributed by atoms with E-state index in [4.69, 9.17) is 0 Å². The fraction of sp³-hybridized carbons (Fsp3) is 0.458. The standard InChI is InChI=1S/C24H29F2N7OS/c1-24(6-7-24)29-35-17-12-19-21(16-4-5-18(22(25)26)27-14-16)28-15-33(19)20(13-17)31-8-10-32(11-9-31)23(34)30(2)3/h4-5,12-15,22,29H,6-11H2,1-3H3. The molecule has 2 amide bonds. The number of pyridine rings is 2. The van der Waals surface area contributed by atoms with Crippen LogP contribution < -0.4 is 9.62 Å². The van der Waals surface area contributed by atoms with Crippen LogP contribution in [0.15, 0.2) is 41.7 Å². The number of piperazine rings is 1. The molecule has 3 aromatic heterocycles. The minimum Gasteiger partial charge on any atom is -0.354 e. The second-order valence-electron chi connectivity index (χ2n) is 9.59. The van der Waals surface area contributed by atoms with E-state index in [9.17, 15) is 13.6 Å². The van der Waals surface area contributed by atoms with E-state index in [1.807, 2.05) is 9.30 Å². The van der Waals surface area contributed by atoms with Gasteiger partial charge in [0.05, 0.1) is 11.2 Å². The molecule has 0 aromatic carbocycles. The van der Waals surface area contributed by atoms with Gasteiger partial charge in [-0.2, -0.15) is 0 Å². The second kappa shape index (κ2) is 9.27. The number of nitrogens with zero attached hydrogens (tertiary/aromatic N) is 6. The summed E-state index contributed by atoms with van der Waals surface area (Å²) in [4.78, 5) is 27.7. The van der Waals surface area contributed by atoms with Crippen LogP contribution in [-0.4, -0.2) is 76.0 Å². The molecule has 1 aliphatic heterocycles. The molecular formula is C24H29F2N7OS. The first-order valence-corrected chi connectivity index (χ1v) is 12.5. The molecule has 1 saturated heterocycles. The van der Waals surface area contributed by atoms with Crippen LogP contribution in [0.5, 0.6) is 0 Å². The average molecular weight is 502 g/mol. The molecule has 0 radical (unpaired) electrons. The maximum absolute atomic E-state index is 13.0. The summed E-state index contributed by atoms with van der Waals surface area (Å²) >= 11 is 1.60. The van der Waals surface area contributed by atoms with E-state index in [0.29, 0.717) is 37.4 Å². The molecule has 11 heteroatoms. The molecule has 0 spiro atoms. The highest BCUT2D eigenvalue weighted by molar-refractivity contribution is 7.97. The highest BCUT2D eigenvalue weighted by atomic mass is 32.2. The quantitative estimate of drug-likeness (QED) is 0.509. The van der Waals surface area contributed by atoms with Crippen molar-refractivity contribution in [2.24, 2.45) is 0 Å². The monoisotopic (exact) mass is 501 g/mol. The van der Waals surface area contributed by atoms with Crippen LogP contribution in [0, 0.1) is 0 Å². The number of hydrogen-bond acceptors (Lipinski definition) is 6. The van der Waals surface area contributed by atoms with Crippen LogP contribution in [0.3, 0.4) is 0 Å². The average Bonchev–Trinajstić information content (AvgIpc) is 3.45. The SMILES string of the molecule is CN(C)C(=O)N1CCN(c2cc(SNC3(C)CC3)cc3c(-c4ccc(C(F)F)nc4)ncn23)CC1. The van der Waals surface area contributed by atoms with Crippen molar-refractivity contribution in [2.45, 2.75) is 36.6 Å². The number of amides is 2. The second-order valence-corrected chi connectivity index (χ2v) is 10.5. The van der Waals surface area contributed by atoms with Crippen molar-refractivity contribution in [1.82, 2.24) is 28.9 Å². The lowest BCUT2D eigenvalue weighted by molar-refractivity contribution is 0.146. The van der Waals surface area contributed by atoms with E-state index in [1.165, 1.54) is 12.3 Å². The van der Waals surface area contributed by atoms with Crippen LogP contribution in [0.25, 0.3) is 16.8 Å². The number of alkyl halides is 2. The van der Waals surface area contributed by atoms with Gasteiger partial charge in [0.15, 0.2) is 0 Å². The molecule has 2 aliphatic rings. The Bertz CT molecular complexity index is 1220. The van der Waals surface area contributed by atoms with Crippen molar-refractivity contribution < 1.29 is 13.6 Å². The molecule has 1 N–H and O–H groups in total. The summed E-state index contributed by atoms with van der Waals surface area (Å²) in [6.45, 7) is 4.87. The summed E-state index contributed by atoms with van der Waals surface area (Å²) in [5.41, 5.74) is 2.18. The van der Waals surface area contributed by atoms with Crippen molar-refractivity contribution >= 4 is 29.3 Å².